The van der Waals surface area contributed by atoms with Crippen molar-refractivity contribution in [2.75, 3.05) is 0 Å². The molecule has 0 aromatic carbocycles. The Bertz CT molecular complexity index is 209. The monoisotopic (exact) mass is 298 g/mol. The van der Waals surface area contributed by atoms with Gasteiger partial charge in [-0.25, -0.2) is 0 Å². The van der Waals surface area contributed by atoms with Crippen LogP contribution in [0.25, 0.3) is 0 Å². The van der Waals surface area contributed by atoms with Gasteiger partial charge in [0.05, 0.1) is 0 Å². The number of rotatable bonds is 1. The second-order valence-corrected chi connectivity index (χ2v) is 6.90. The van der Waals surface area contributed by atoms with Crippen molar-refractivity contribution >= 4 is 0 Å². The highest BCUT2D eigenvalue weighted by molar-refractivity contribution is 4.88. The molecule has 3 rings (SSSR count). The first kappa shape index (κ1) is 28.6. The quantitative estimate of drug-likeness (QED) is 0.428. The van der Waals surface area contributed by atoms with Crippen LogP contribution in [0.4, 0.5) is 0 Å². The van der Waals surface area contributed by atoms with Crippen LogP contribution in [0.15, 0.2) is 25.8 Å². The van der Waals surface area contributed by atoms with Gasteiger partial charge in [0.25, 0.3) is 0 Å². The molecule has 0 aliphatic heterocycles. The van der Waals surface area contributed by atoms with E-state index < -0.39 is 0 Å². The van der Waals surface area contributed by atoms with Gasteiger partial charge < -0.3 is 0 Å². The lowest BCUT2D eigenvalue weighted by Gasteiger charge is -2.15. The Balaban J connectivity index is -0.0000000935. The van der Waals surface area contributed by atoms with Crippen molar-refractivity contribution in [3.63, 3.8) is 0 Å². The molecule has 0 saturated heterocycles. The fraction of sp³-hybridized carbons (Fsp3) is 0.810. The molecule has 3 fully saturated rings. The summed E-state index contributed by atoms with van der Waals surface area (Å²) in [6, 6.07) is 0. The van der Waals surface area contributed by atoms with E-state index in [4.69, 9.17) is 0 Å². The lowest BCUT2D eigenvalue weighted by atomic mass is 9.91. The normalized spacial score (nSPS) is 18.1. The van der Waals surface area contributed by atoms with Crippen LogP contribution in [-0.4, -0.2) is 0 Å². The van der Waals surface area contributed by atoms with E-state index in [1.807, 2.05) is 6.08 Å². The molecule has 0 heterocycles. The minimum atomic E-state index is 0. The van der Waals surface area contributed by atoms with Gasteiger partial charge in [0.2, 0.25) is 0 Å². The average Bonchev–Trinajstić information content (AvgIpc) is 3.19. The Labute approximate surface area is 138 Å². The zero-order chi connectivity index (χ0) is 14.2. The standard InChI is InChI=1S/C7H14.C5H8.C4H8.C2H4.3CH4/c1-7(2,3)6-4-5-6;1-2-5-3-4-5;1-4-2-3-4;1-2;;;/h6H,4-5H2,1-3H3;2,5H,1,3-4H2;4H,2-3H2,1H3;1-2H2;3*1H4. The van der Waals surface area contributed by atoms with Crippen LogP contribution < -0.4 is 0 Å². The maximum atomic E-state index is 3.62. The third-order valence-electron chi connectivity index (χ3n) is 3.62. The lowest BCUT2D eigenvalue weighted by Crippen LogP contribution is -2.06. The van der Waals surface area contributed by atoms with Gasteiger partial charge in [-0.2, -0.15) is 0 Å². The topological polar surface area (TPSA) is 0 Å². The van der Waals surface area contributed by atoms with Crippen LogP contribution in [0.3, 0.4) is 0 Å². The van der Waals surface area contributed by atoms with Gasteiger partial charge in [0.1, 0.15) is 0 Å². The van der Waals surface area contributed by atoms with E-state index in [2.05, 4.69) is 47.4 Å². The zero-order valence-electron chi connectivity index (χ0n) is 13.2. The fourth-order valence-corrected chi connectivity index (χ4v) is 1.45. The third-order valence-corrected chi connectivity index (χ3v) is 3.62. The minimum Gasteiger partial charge on any atom is -0.106 e. The first-order valence-corrected chi connectivity index (χ1v) is 7.56. The Morgan fingerprint density at radius 1 is 0.810 bits per heavy atom. The van der Waals surface area contributed by atoms with Crippen molar-refractivity contribution < 1.29 is 0 Å². The van der Waals surface area contributed by atoms with Gasteiger partial charge in [-0.15, -0.1) is 19.7 Å². The number of hydrogen-bond donors (Lipinski definition) is 0. The van der Waals surface area contributed by atoms with E-state index in [0.29, 0.717) is 5.41 Å². The zero-order valence-corrected chi connectivity index (χ0v) is 13.2. The van der Waals surface area contributed by atoms with Gasteiger partial charge in [-0.1, -0.05) is 68.9 Å². The van der Waals surface area contributed by atoms with Crippen molar-refractivity contribution in [2.45, 2.75) is 88.5 Å². The Morgan fingerprint density at radius 3 is 1.14 bits per heavy atom. The Hall–Kier alpha value is -0.520. The Morgan fingerprint density at radius 2 is 1.14 bits per heavy atom. The molecule has 0 spiro atoms. The van der Waals surface area contributed by atoms with E-state index >= 15 is 0 Å². The highest BCUT2D eigenvalue weighted by Gasteiger charge is 2.33. The first-order valence-electron chi connectivity index (χ1n) is 7.56. The largest absolute Gasteiger partial charge is 0.106 e. The predicted molar refractivity (Wildman–Crippen MR) is 105 cm³/mol. The molecule has 0 amide bonds. The molecule has 0 nitrogen and oxygen atoms in total. The summed E-state index contributed by atoms with van der Waals surface area (Å²) in [6.07, 6.45) is 10.7. The summed E-state index contributed by atoms with van der Waals surface area (Å²) < 4.78 is 0. The SMILES string of the molecule is C.C.C.C=C.C=CC1CC1.CC(C)(C)C1CC1.CC1CC1. The molecule has 0 N–H and O–H groups in total. The highest BCUT2D eigenvalue weighted by Crippen LogP contribution is 2.44. The van der Waals surface area contributed by atoms with E-state index in [-0.39, 0.29) is 22.3 Å². The van der Waals surface area contributed by atoms with Crippen LogP contribution >= 0.6 is 0 Å². The van der Waals surface area contributed by atoms with Crippen molar-refractivity contribution in [2.24, 2.45) is 23.2 Å². The second-order valence-electron chi connectivity index (χ2n) is 6.90. The molecular formula is C21H46. The van der Waals surface area contributed by atoms with Crippen molar-refractivity contribution in [1.82, 2.24) is 0 Å². The number of allylic oxidation sites excluding steroid dienone is 1. The van der Waals surface area contributed by atoms with Crippen LogP contribution in [0.5, 0.6) is 0 Å². The van der Waals surface area contributed by atoms with Crippen molar-refractivity contribution in [3.8, 4) is 0 Å². The molecule has 0 atom stereocenters. The molecule has 0 unspecified atom stereocenters. The Kier molecular flexibility index (Phi) is 19.6. The van der Waals surface area contributed by atoms with E-state index in [0.717, 1.165) is 17.8 Å². The van der Waals surface area contributed by atoms with Crippen LogP contribution in [-0.2, 0) is 0 Å². The van der Waals surface area contributed by atoms with Crippen LogP contribution in [0, 0.1) is 23.2 Å². The maximum Gasteiger partial charge on any atom is -0.0236 e. The molecule has 0 radical (unpaired) electrons. The lowest BCUT2D eigenvalue weighted by molar-refractivity contribution is 0.351. The average molecular weight is 299 g/mol. The molecule has 0 aromatic heterocycles. The number of hydrogen-bond acceptors (Lipinski definition) is 0. The van der Waals surface area contributed by atoms with E-state index in [1.165, 1.54) is 38.5 Å². The molecule has 130 valence electrons. The van der Waals surface area contributed by atoms with E-state index in [1.54, 1.807) is 0 Å². The second kappa shape index (κ2) is 14.4. The molecule has 0 aromatic rings. The van der Waals surface area contributed by atoms with Gasteiger partial charge >= 0.3 is 0 Å². The summed E-state index contributed by atoms with van der Waals surface area (Å²) in [6.45, 7) is 18.9. The molecule has 0 heteroatoms. The molecule has 0 bridgehead atoms. The molecule has 3 saturated carbocycles. The third kappa shape index (κ3) is 21.9. The van der Waals surface area contributed by atoms with E-state index in [9.17, 15) is 0 Å². The summed E-state index contributed by atoms with van der Waals surface area (Å²) in [5, 5.41) is 0. The fourth-order valence-electron chi connectivity index (χ4n) is 1.45. The van der Waals surface area contributed by atoms with Gasteiger partial charge in [-0.05, 0) is 48.9 Å². The highest BCUT2D eigenvalue weighted by atomic mass is 14.4. The van der Waals surface area contributed by atoms with Gasteiger partial charge in [-0.3, -0.25) is 0 Å². The predicted octanol–water partition coefficient (Wildman–Crippen LogP) is 8.15. The molecule has 21 heavy (non-hydrogen) atoms. The van der Waals surface area contributed by atoms with Crippen molar-refractivity contribution in [3.05, 3.63) is 25.8 Å². The first-order chi connectivity index (χ1) is 8.43. The summed E-state index contributed by atoms with van der Waals surface area (Å²) in [5.74, 6) is 3.03. The van der Waals surface area contributed by atoms with Crippen LogP contribution in [0.1, 0.15) is 88.5 Å². The van der Waals surface area contributed by atoms with Crippen LogP contribution in [0.2, 0.25) is 0 Å². The molecule has 3 aliphatic rings. The maximum absolute atomic E-state index is 3.62. The minimum absolute atomic E-state index is 0. The summed E-state index contributed by atoms with van der Waals surface area (Å²) in [4.78, 5) is 0. The summed E-state index contributed by atoms with van der Waals surface area (Å²) >= 11 is 0. The van der Waals surface area contributed by atoms with Gasteiger partial charge in [0, 0.05) is 0 Å². The summed E-state index contributed by atoms with van der Waals surface area (Å²) in [7, 11) is 0. The van der Waals surface area contributed by atoms with Crippen molar-refractivity contribution in [1.29, 1.82) is 0 Å². The van der Waals surface area contributed by atoms with Gasteiger partial charge in [0.15, 0.2) is 0 Å². The smallest absolute Gasteiger partial charge is 0.0236 e. The molecular weight excluding hydrogens is 252 g/mol. The molecule has 3 aliphatic carbocycles. The summed E-state index contributed by atoms with van der Waals surface area (Å²) in [5.41, 5.74) is 0.611.